The average Bonchev–Trinajstić information content (AvgIpc) is 3.49. The van der Waals surface area contributed by atoms with E-state index >= 15 is 0 Å². The number of carbonyl (C=O) groups excluding carboxylic acids is 1. The molecule has 10 nitrogen and oxygen atoms in total. The number of nitrogens with one attached hydrogen (secondary N) is 2. The van der Waals surface area contributed by atoms with Crippen LogP contribution in [0.2, 0.25) is 0 Å². The first-order chi connectivity index (χ1) is 16.6. The highest BCUT2D eigenvalue weighted by Crippen LogP contribution is 2.34. The summed E-state index contributed by atoms with van der Waals surface area (Å²) >= 11 is 1.27. The number of nitrogens with zero attached hydrogens (tertiary/aromatic N) is 4. The van der Waals surface area contributed by atoms with Gasteiger partial charge in [-0.05, 0) is 24.3 Å². The van der Waals surface area contributed by atoms with Crippen molar-refractivity contribution in [3.05, 3.63) is 53.9 Å². The second-order valence-electron chi connectivity index (χ2n) is 7.81. The van der Waals surface area contributed by atoms with Gasteiger partial charge in [-0.15, -0.1) is 11.3 Å². The van der Waals surface area contributed by atoms with Crippen molar-refractivity contribution in [2.45, 2.75) is 0 Å². The minimum absolute atomic E-state index is 0.0303. The predicted octanol–water partition coefficient (Wildman–Crippen LogP) is 2.19. The van der Waals surface area contributed by atoms with Gasteiger partial charge in [0.1, 0.15) is 18.1 Å². The van der Waals surface area contributed by atoms with Crippen LogP contribution in [0.25, 0.3) is 15.9 Å². The predicted molar refractivity (Wildman–Crippen MR) is 132 cm³/mol. The maximum atomic E-state index is 13.0. The zero-order chi connectivity index (χ0) is 23.5. The molecule has 0 unspecified atom stereocenters. The van der Waals surface area contributed by atoms with Crippen LogP contribution >= 0.6 is 11.3 Å². The Morgan fingerprint density at radius 3 is 2.97 bits per heavy atom. The van der Waals surface area contributed by atoms with Gasteiger partial charge < -0.3 is 31.1 Å². The van der Waals surface area contributed by atoms with Gasteiger partial charge in [0, 0.05) is 61.3 Å². The van der Waals surface area contributed by atoms with Crippen molar-refractivity contribution in [1.29, 1.82) is 0 Å². The van der Waals surface area contributed by atoms with E-state index in [0.717, 1.165) is 37.3 Å². The van der Waals surface area contributed by atoms with Gasteiger partial charge in [-0.2, -0.15) is 0 Å². The number of thiazole rings is 1. The molecule has 0 aliphatic carbocycles. The zero-order valence-corrected chi connectivity index (χ0v) is 19.2. The highest BCUT2D eigenvalue weighted by atomic mass is 32.1. The lowest BCUT2D eigenvalue weighted by Gasteiger charge is -2.30. The van der Waals surface area contributed by atoms with E-state index in [1.165, 1.54) is 11.3 Å². The van der Waals surface area contributed by atoms with Crippen LogP contribution in [0.5, 0.6) is 11.6 Å². The lowest BCUT2D eigenvalue weighted by atomic mass is 10.2. The Labute approximate surface area is 200 Å². The fourth-order valence-electron chi connectivity index (χ4n) is 3.91. The number of amides is 1. The number of hydrogen-bond acceptors (Lipinski definition) is 9. The van der Waals surface area contributed by atoms with Gasteiger partial charge in [-0.3, -0.25) is 14.3 Å². The smallest absolute Gasteiger partial charge is 0.275 e. The number of fused-ring (bicyclic) bond motifs is 1. The van der Waals surface area contributed by atoms with Crippen molar-refractivity contribution in [2.24, 2.45) is 5.73 Å². The van der Waals surface area contributed by atoms with E-state index in [4.69, 9.17) is 10.5 Å². The number of aromatic hydroxyl groups is 1. The van der Waals surface area contributed by atoms with Crippen LogP contribution in [-0.4, -0.2) is 64.9 Å². The molecule has 1 fully saturated rings. The van der Waals surface area contributed by atoms with Crippen molar-refractivity contribution in [3.63, 3.8) is 0 Å². The van der Waals surface area contributed by atoms with Crippen LogP contribution in [0.1, 0.15) is 10.5 Å². The molecule has 11 heteroatoms. The van der Waals surface area contributed by atoms with Crippen LogP contribution in [0.3, 0.4) is 0 Å². The summed E-state index contributed by atoms with van der Waals surface area (Å²) in [6.07, 6.45) is 5.15. The molecule has 1 amide bonds. The molecule has 4 aromatic rings. The average molecular weight is 480 g/mol. The Balaban J connectivity index is 1.37. The van der Waals surface area contributed by atoms with E-state index in [-0.39, 0.29) is 17.5 Å². The summed E-state index contributed by atoms with van der Waals surface area (Å²) < 4.78 is 7.12. The summed E-state index contributed by atoms with van der Waals surface area (Å²) in [4.78, 5) is 23.8. The zero-order valence-electron chi connectivity index (χ0n) is 18.4. The molecule has 5 rings (SSSR count). The van der Waals surface area contributed by atoms with E-state index in [2.05, 4.69) is 25.5 Å². The number of benzene rings is 1. The third-order valence-electron chi connectivity index (χ3n) is 5.58. The molecule has 0 saturated carbocycles. The van der Waals surface area contributed by atoms with E-state index in [0.29, 0.717) is 35.1 Å². The molecule has 1 saturated heterocycles. The summed E-state index contributed by atoms with van der Waals surface area (Å²) in [6, 6.07) is 7.35. The van der Waals surface area contributed by atoms with Crippen LogP contribution < -0.4 is 26.0 Å². The van der Waals surface area contributed by atoms with Crippen molar-refractivity contribution in [3.8, 4) is 16.8 Å². The maximum Gasteiger partial charge on any atom is 0.275 e. The number of carbonyl (C=O) groups is 1. The molecule has 3 aromatic heterocycles. The van der Waals surface area contributed by atoms with Crippen LogP contribution in [0.15, 0.2) is 48.2 Å². The minimum Gasteiger partial charge on any atom is -0.494 e. The fourth-order valence-corrected chi connectivity index (χ4v) is 4.70. The normalized spacial score (nSPS) is 13.9. The molecule has 4 heterocycles. The number of piperazine rings is 1. The second-order valence-corrected chi connectivity index (χ2v) is 8.64. The summed E-state index contributed by atoms with van der Waals surface area (Å²) in [6.45, 7) is 4.29. The quantitative estimate of drug-likeness (QED) is 0.317. The number of nitrogens with two attached hydrogens (primary N) is 1. The lowest BCUT2D eigenvalue weighted by molar-refractivity contribution is 0.102. The second kappa shape index (κ2) is 9.67. The lowest BCUT2D eigenvalue weighted by Crippen LogP contribution is -2.43. The van der Waals surface area contributed by atoms with Crippen molar-refractivity contribution in [2.75, 3.05) is 49.5 Å². The first kappa shape index (κ1) is 22.1. The van der Waals surface area contributed by atoms with E-state index < -0.39 is 0 Å². The maximum absolute atomic E-state index is 13.0. The molecular formula is C23H25N7O3S. The van der Waals surface area contributed by atoms with Gasteiger partial charge in [-0.25, -0.2) is 4.98 Å². The minimum atomic E-state index is -0.333. The van der Waals surface area contributed by atoms with Gasteiger partial charge in [0.05, 0.1) is 17.6 Å². The first-order valence-corrected chi connectivity index (χ1v) is 11.9. The molecule has 0 bridgehead atoms. The van der Waals surface area contributed by atoms with Gasteiger partial charge >= 0.3 is 0 Å². The van der Waals surface area contributed by atoms with Gasteiger partial charge in [0.25, 0.3) is 5.91 Å². The van der Waals surface area contributed by atoms with Crippen molar-refractivity contribution >= 4 is 39.4 Å². The Bertz CT molecular complexity index is 1310. The third-order valence-corrected chi connectivity index (χ3v) is 6.42. The van der Waals surface area contributed by atoms with E-state index in [1.807, 2.05) is 18.2 Å². The molecular weight excluding hydrogens is 454 g/mol. The van der Waals surface area contributed by atoms with Gasteiger partial charge in [0.15, 0.2) is 5.13 Å². The van der Waals surface area contributed by atoms with Crippen molar-refractivity contribution in [1.82, 2.24) is 19.9 Å². The fraction of sp³-hybridized carbons (Fsp3) is 0.261. The number of pyridine rings is 1. The summed E-state index contributed by atoms with van der Waals surface area (Å²) in [5.74, 6) is 0.324. The Morgan fingerprint density at radius 2 is 2.15 bits per heavy atom. The third kappa shape index (κ3) is 4.40. The van der Waals surface area contributed by atoms with Crippen LogP contribution in [0, 0.1) is 0 Å². The molecule has 1 aliphatic heterocycles. The number of hydrogen-bond donors (Lipinski definition) is 4. The van der Waals surface area contributed by atoms with E-state index in [1.54, 1.807) is 34.6 Å². The number of ether oxygens (including phenoxy) is 1. The molecule has 0 spiro atoms. The highest BCUT2D eigenvalue weighted by Gasteiger charge is 2.19. The first-order valence-electron chi connectivity index (χ1n) is 11.0. The topological polar surface area (TPSA) is 131 Å². The Morgan fingerprint density at radius 1 is 1.29 bits per heavy atom. The van der Waals surface area contributed by atoms with Gasteiger partial charge in [0.2, 0.25) is 5.88 Å². The monoisotopic (exact) mass is 479 g/mol. The summed E-state index contributed by atoms with van der Waals surface area (Å²) in [7, 11) is 0. The van der Waals surface area contributed by atoms with Crippen LogP contribution in [0.4, 0.5) is 11.4 Å². The van der Waals surface area contributed by atoms with Crippen molar-refractivity contribution < 1.29 is 14.6 Å². The Hall–Kier alpha value is -3.67. The standard InChI is InChI=1S/C23H25N7O3S/c24-4-10-33-16-2-1-15-13-30(22(32)17(15)11-16)23-28-19(14-34-23)21(31)27-18-12-26-5-3-20(18)29-8-6-25-7-9-29/h1-3,5,11-14,25,32H,4,6-10,24H2,(H,27,31). The summed E-state index contributed by atoms with van der Waals surface area (Å²) in [5.41, 5.74) is 7.33. The Kier molecular flexibility index (Phi) is 6.30. The number of rotatable bonds is 7. The SMILES string of the molecule is NCCOc1ccc2cn(-c3nc(C(=O)Nc4cnccc4N4CCNCC4)cs3)c(O)c2c1. The largest absolute Gasteiger partial charge is 0.494 e. The number of anilines is 2. The highest BCUT2D eigenvalue weighted by molar-refractivity contribution is 7.12. The molecule has 1 aromatic carbocycles. The molecule has 5 N–H and O–H groups in total. The number of aromatic nitrogens is 3. The molecule has 34 heavy (non-hydrogen) atoms. The molecule has 0 atom stereocenters. The molecule has 176 valence electrons. The molecule has 0 radical (unpaired) electrons. The summed E-state index contributed by atoms with van der Waals surface area (Å²) in [5, 5.41) is 20.7. The molecule has 1 aliphatic rings. The van der Waals surface area contributed by atoms with Crippen LogP contribution in [-0.2, 0) is 0 Å². The van der Waals surface area contributed by atoms with E-state index in [9.17, 15) is 9.90 Å². The van der Waals surface area contributed by atoms with Gasteiger partial charge in [-0.1, -0.05) is 0 Å².